The van der Waals surface area contributed by atoms with Crippen LogP contribution in [-0.4, -0.2) is 32.7 Å². The van der Waals surface area contributed by atoms with Gasteiger partial charge in [-0.05, 0) is 35.9 Å². The minimum atomic E-state index is -0.556. The number of hydrogen-bond acceptors (Lipinski definition) is 7. The number of cyclic esters (lactones) is 1. The highest BCUT2D eigenvalue weighted by Crippen LogP contribution is 2.30. The van der Waals surface area contributed by atoms with E-state index in [1.165, 1.54) is 14.2 Å². The van der Waals surface area contributed by atoms with Gasteiger partial charge in [-0.2, -0.15) is 5.26 Å². The van der Waals surface area contributed by atoms with Crippen LogP contribution in [0.5, 0.6) is 17.2 Å². The summed E-state index contributed by atoms with van der Waals surface area (Å²) in [7, 11) is 3.03. The number of nitrogens with zero attached hydrogens (tertiary/aromatic N) is 2. The van der Waals surface area contributed by atoms with Crippen LogP contribution < -0.4 is 14.2 Å². The van der Waals surface area contributed by atoms with Gasteiger partial charge in [-0.3, -0.25) is 0 Å². The molecule has 1 heterocycles. The first-order valence-electron chi connectivity index (χ1n) is 8.00. The van der Waals surface area contributed by atoms with Gasteiger partial charge in [0.1, 0.15) is 11.8 Å². The number of carbonyl (C=O) groups is 1. The summed E-state index contributed by atoms with van der Waals surface area (Å²) >= 11 is 0. The standard InChI is InChI=1S/C20H16N2O5/c1-24-16-6-4-3-5-14(16)19-22-15(20(23)27-19)11-13-7-8-17(26-10-9-21)18(12-13)25-2/h3-8,11-12H,10H2,1-2H3/b15-11-. The van der Waals surface area contributed by atoms with Gasteiger partial charge < -0.3 is 18.9 Å². The highest BCUT2D eigenvalue weighted by molar-refractivity contribution is 6.13. The topological polar surface area (TPSA) is 90.1 Å². The Bertz CT molecular complexity index is 973. The molecule has 2 aromatic rings. The summed E-state index contributed by atoms with van der Waals surface area (Å²) in [5.74, 6) is 1.07. The van der Waals surface area contributed by atoms with Gasteiger partial charge in [0.05, 0.1) is 19.8 Å². The number of carbonyl (C=O) groups excluding carboxylic acids is 1. The van der Waals surface area contributed by atoms with Crippen LogP contribution in [0.1, 0.15) is 11.1 Å². The fourth-order valence-electron chi connectivity index (χ4n) is 2.51. The number of para-hydroxylation sites is 1. The molecule has 0 N–H and O–H groups in total. The van der Waals surface area contributed by atoms with Crippen molar-refractivity contribution in [2.75, 3.05) is 20.8 Å². The lowest BCUT2D eigenvalue weighted by atomic mass is 10.1. The maximum Gasteiger partial charge on any atom is 0.363 e. The van der Waals surface area contributed by atoms with Crippen LogP contribution in [-0.2, 0) is 9.53 Å². The van der Waals surface area contributed by atoms with Crippen LogP contribution in [0.15, 0.2) is 53.2 Å². The normalized spacial score (nSPS) is 14.3. The molecule has 0 bridgehead atoms. The Labute approximate surface area is 156 Å². The number of aliphatic imine (C=N–C) groups is 1. The summed E-state index contributed by atoms with van der Waals surface area (Å²) in [6, 6.07) is 14.1. The van der Waals surface area contributed by atoms with Crippen LogP contribution in [0.25, 0.3) is 6.08 Å². The molecular formula is C20H16N2O5. The molecular weight excluding hydrogens is 348 g/mol. The largest absolute Gasteiger partial charge is 0.496 e. The monoisotopic (exact) mass is 364 g/mol. The average molecular weight is 364 g/mol. The zero-order chi connectivity index (χ0) is 19.2. The number of nitriles is 1. The van der Waals surface area contributed by atoms with Crippen LogP contribution in [0.2, 0.25) is 0 Å². The molecule has 1 aliphatic rings. The van der Waals surface area contributed by atoms with Crippen molar-refractivity contribution in [3.63, 3.8) is 0 Å². The highest BCUT2D eigenvalue weighted by Gasteiger charge is 2.26. The quantitative estimate of drug-likeness (QED) is 0.578. The minimum absolute atomic E-state index is 0.0876. The third kappa shape index (κ3) is 3.90. The van der Waals surface area contributed by atoms with Crippen molar-refractivity contribution in [3.05, 3.63) is 59.3 Å². The second-order valence-electron chi connectivity index (χ2n) is 5.39. The molecule has 3 rings (SSSR count). The first kappa shape index (κ1) is 18.0. The third-order valence-corrected chi connectivity index (χ3v) is 3.74. The molecule has 0 radical (unpaired) electrons. The summed E-state index contributed by atoms with van der Waals surface area (Å²) in [5.41, 5.74) is 1.42. The Morgan fingerprint density at radius 2 is 1.89 bits per heavy atom. The molecule has 0 unspecified atom stereocenters. The molecule has 0 saturated heterocycles. The fourth-order valence-corrected chi connectivity index (χ4v) is 2.51. The van der Waals surface area contributed by atoms with E-state index in [0.29, 0.717) is 28.4 Å². The van der Waals surface area contributed by atoms with Crippen LogP contribution >= 0.6 is 0 Å². The van der Waals surface area contributed by atoms with E-state index < -0.39 is 5.97 Å². The summed E-state index contributed by atoms with van der Waals surface area (Å²) in [5, 5.41) is 8.62. The minimum Gasteiger partial charge on any atom is -0.496 e. The molecule has 27 heavy (non-hydrogen) atoms. The highest BCUT2D eigenvalue weighted by atomic mass is 16.6. The molecule has 0 aromatic heterocycles. The third-order valence-electron chi connectivity index (χ3n) is 3.74. The predicted molar refractivity (Wildman–Crippen MR) is 97.7 cm³/mol. The van der Waals surface area contributed by atoms with Crippen LogP contribution in [0.3, 0.4) is 0 Å². The Morgan fingerprint density at radius 1 is 1.11 bits per heavy atom. The molecule has 7 nitrogen and oxygen atoms in total. The first-order valence-corrected chi connectivity index (χ1v) is 8.00. The number of benzene rings is 2. The summed E-state index contributed by atoms with van der Waals surface area (Å²) in [6.07, 6.45) is 1.58. The molecule has 0 fully saturated rings. The van der Waals surface area contributed by atoms with Crippen molar-refractivity contribution >= 4 is 17.9 Å². The van der Waals surface area contributed by atoms with E-state index in [-0.39, 0.29) is 18.2 Å². The van der Waals surface area contributed by atoms with Crippen molar-refractivity contribution in [1.29, 1.82) is 5.26 Å². The van der Waals surface area contributed by atoms with Crippen molar-refractivity contribution < 1.29 is 23.7 Å². The molecule has 0 atom stereocenters. The molecule has 0 amide bonds. The van der Waals surface area contributed by atoms with Crippen molar-refractivity contribution in [3.8, 4) is 23.3 Å². The smallest absolute Gasteiger partial charge is 0.363 e. The Balaban J connectivity index is 1.92. The van der Waals surface area contributed by atoms with E-state index in [9.17, 15) is 4.79 Å². The molecule has 7 heteroatoms. The van der Waals surface area contributed by atoms with E-state index in [1.807, 2.05) is 12.1 Å². The van der Waals surface area contributed by atoms with Crippen LogP contribution in [0.4, 0.5) is 0 Å². The number of hydrogen-bond donors (Lipinski definition) is 0. The SMILES string of the molecule is COc1cc(/C=C2\N=C(c3ccccc3OC)OC2=O)ccc1OCC#N. The zero-order valence-electron chi connectivity index (χ0n) is 14.8. The second-order valence-corrected chi connectivity index (χ2v) is 5.39. The maximum absolute atomic E-state index is 12.2. The molecule has 136 valence electrons. The number of ether oxygens (including phenoxy) is 4. The molecule has 2 aromatic carbocycles. The van der Waals surface area contributed by atoms with E-state index in [0.717, 1.165) is 0 Å². The van der Waals surface area contributed by atoms with E-state index in [4.69, 9.17) is 24.2 Å². The summed E-state index contributed by atoms with van der Waals surface area (Å²) < 4.78 is 21.1. The number of methoxy groups -OCH3 is 2. The summed E-state index contributed by atoms with van der Waals surface area (Å²) in [4.78, 5) is 16.5. The maximum atomic E-state index is 12.2. The molecule has 0 spiro atoms. The lowest BCUT2D eigenvalue weighted by Gasteiger charge is -2.08. The predicted octanol–water partition coefficient (Wildman–Crippen LogP) is 2.95. The van der Waals surface area contributed by atoms with Crippen molar-refractivity contribution in [2.24, 2.45) is 4.99 Å². The van der Waals surface area contributed by atoms with E-state index >= 15 is 0 Å². The van der Waals surface area contributed by atoms with Gasteiger partial charge in [-0.1, -0.05) is 18.2 Å². The lowest BCUT2D eigenvalue weighted by Crippen LogP contribution is -2.06. The van der Waals surface area contributed by atoms with Gasteiger partial charge in [-0.15, -0.1) is 0 Å². The second kappa shape index (κ2) is 8.06. The van der Waals surface area contributed by atoms with Gasteiger partial charge >= 0.3 is 5.97 Å². The summed E-state index contributed by atoms with van der Waals surface area (Å²) in [6.45, 7) is -0.0876. The Hall–Kier alpha value is -3.79. The molecule has 0 saturated carbocycles. The fraction of sp³-hybridized carbons (Fsp3) is 0.150. The van der Waals surface area contributed by atoms with Gasteiger partial charge in [0.2, 0.25) is 5.90 Å². The van der Waals surface area contributed by atoms with Gasteiger partial charge in [0.15, 0.2) is 23.8 Å². The first-order chi connectivity index (χ1) is 13.2. The van der Waals surface area contributed by atoms with Gasteiger partial charge in [-0.25, -0.2) is 9.79 Å². The van der Waals surface area contributed by atoms with Crippen molar-refractivity contribution in [2.45, 2.75) is 0 Å². The van der Waals surface area contributed by atoms with Crippen molar-refractivity contribution in [1.82, 2.24) is 0 Å². The van der Waals surface area contributed by atoms with E-state index in [1.54, 1.807) is 42.5 Å². The number of esters is 1. The lowest BCUT2D eigenvalue weighted by molar-refractivity contribution is -0.129. The Morgan fingerprint density at radius 3 is 2.63 bits per heavy atom. The molecule has 1 aliphatic heterocycles. The average Bonchev–Trinajstić information content (AvgIpc) is 3.06. The van der Waals surface area contributed by atoms with E-state index in [2.05, 4.69) is 4.99 Å². The Kier molecular flexibility index (Phi) is 5.38. The van der Waals surface area contributed by atoms with Gasteiger partial charge in [0.25, 0.3) is 0 Å². The molecule has 0 aliphatic carbocycles. The number of rotatable bonds is 6. The zero-order valence-corrected chi connectivity index (χ0v) is 14.8. The van der Waals surface area contributed by atoms with Crippen LogP contribution in [0, 0.1) is 11.3 Å². The van der Waals surface area contributed by atoms with Gasteiger partial charge in [0, 0.05) is 0 Å².